The molecule has 5 rings (SSSR count). The number of piperidine rings is 1. The highest BCUT2D eigenvalue weighted by Crippen LogP contribution is 2.24. The van der Waals surface area contributed by atoms with E-state index in [0.29, 0.717) is 66.9 Å². The average molecular weight is 566 g/mol. The van der Waals surface area contributed by atoms with Gasteiger partial charge in [0.05, 0.1) is 10.6 Å². The first-order valence-corrected chi connectivity index (χ1v) is 14.3. The number of pyridine rings is 1. The van der Waals surface area contributed by atoms with Crippen molar-refractivity contribution in [2.75, 3.05) is 23.7 Å². The lowest BCUT2D eigenvalue weighted by atomic mass is 10.1. The lowest BCUT2D eigenvalue weighted by Crippen LogP contribution is -2.44. The predicted octanol–water partition coefficient (Wildman–Crippen LogP) is 4.89. The molecule has 3 heterocycles. The first-order chi connectivity index (χ1) is 19.3. The van der Waals surface area contributed by atoms with E-state index in [1.807, 2.05) is 0 Å². The van der Waals surface area contributed by atoms with Crippen molar-refractivity contribution in [3.63, 3.8) is 0 Å². The lowest BCUT2D eigenvalue weighted by molar-refractivity contribution is 0.287. The van der Waals surface area contributed by atoms with Gasteiger partial charge in [0.2, 0.25) is 16.0 Å². The number of nitrogens with zero attached hydrogens (tertiary/aromatic N) is 4. The minimum Gasteiger partial charge on any atom is -0.340 e. The molecule has 0 aliphatic carbocycles. The van der Waals surface area contributed by atoms with Gasteiger partial charge in [0.15, 0.2) is 0 Å². The van der Waals surface area contributed by atoms with Gasteiger partial charge in [0.25, 0.3) is 0 Å². The van der Waals surface area contributed by atoms with Crippen molar-refractivity contribution in [2.24, 2.45) is 0 Å². The Morgan fingerprint density at radius 2 is 1.52 bits per heavy atom. The first-order valence-electron chi connectivity index (χ1n) is 12.8. The molecule has 208 valence electrons. The van der Waals surface area contributed by atoms with E-state index in [4.69, 9.17) is 0 Å². The summed E-state index contributed by atoms with van der Waals surface area (Å²) in [6, 6.07) is 15.7. The summed E-state index contributed by atoms with van der Waals surface area (Å²) >= 11 is 0. The largest absolute Gasteiger partial charge is 0.340 e. The molecule has 1 fully saturated rings. The maximum atomic E-state index is 14.2. The second kappa shape index (κ2) is 12.0. The fourth-order valence-electron chi connectivity index (χ4n) is 4.42. The van der Waals surface area contributed by atoms with Gasteiger partial charge in [-0.2, -0.15) is 9.29 Å². The van der Waals surface area contributed by atoms with Crippen molar-refractivity contribution in [1.29, 1.82) is 0 Å². The molecule has 1 aliphatic heterocycles. The number of sulfonamides is 1. The summed E-state index contributed by atoms with van der Waals surface area (Å²) < 4.78 is 55.3. The van der Waals surface area contributed by atoms with Gasteiger partial charge in [-0.05, 0) is 86.0 Å². The van der Waals surface area contributed by atoms with E-state index in [1.165, 1.54) is 16.4 Å². The van der Waals surface area contributed by atoms with Crippen LogP contribution in [0.4, 0.5) is 31.9 Å². The quantitative estimate of drug-likeness (QED) is 0.263. The van der Waals surface area contributed by atoms with Crippen LogP contribution in [-0.2, 0) is 16.6 Å². The number of anilines is 4. The van der Waals surface area contributed by atoms with E-state index in [1.54, 1.807) is 67.8 Å². The van der Waals surface area contributed by atoms with Crippen molar-refractivity contribution >= 4 is 33.2 Å². The van der Waals surface area contributed by atoms with Gasteiger partial charge in [-0.1, -0.05) is 0 Å². The van der Waals surface area contributed by atoms with Crippen LogP contribution >= 0.6 is 0 Å². The molecule has 12 heteroatoms. The van der Waals surface area contributed by atoms with E-state index in [0.717, 1.165) is 0 Å². The summed E-state index contributed by atoms with van der Waals surface area (Å²) in [6.07, 6.45) is 4.40. The summed E-state index contributed by atoms with van der Waals surface area (Å²) in [4.78, 5) is 12.9. The zero-order valence-electron chi connectivity index (χ0n) is 21.8. The van der Waals surface area contributed by atoms with E-state index < -0.39 is 10.0 Å². The fourth-order valence-corrected chi connectivity index (χ4v) is 5.89. The molecule has 0 radical (unpaired) electrons. The second-order valence-corrected chi connectivity index (χ2v) is 11.4. The minimum absolute atomic E-state index is 0.0769. The minimum atomic E-state index is -3.66. The molecular formula is C28H29F2N7O2S. The van der Waals surface area contributed by atoms with Crippen LogP contribution in [0.2, 0.25) is 0 Å². The standard InChI is InChI=1S/C28H29F2N7O2S/c1-19-10-14-31-25(27(19)30)18-33-21-12-16-37(17-13-21)40(38,39)24-8-6-23(7-9-24)35-28-32-15-11-26(36-28)34-22-4-2-20(29)3-5-22/h2-11,14-15,21,33H,12-13,16-18H2,1H3,(H2,32,34,35,36). The van der Waals surface area contributed by atoms with E-state index in [2.05, 4.69) is 30.9 Å². The van der Waals surface area contributed by atoms with Crippen molar-refractivity contribution in [3.05, 3.63) is 95.9 Å². The number of aryl methyl sites for hydroxylation is 1. The molecule has 9 nitrogen and oxygen atoms in total. The van der Waals surface area contributed by atoms with Crippen LogP contribution in [0.1, 0.15) is 24.1 Å². The SMILES string of the molecule is Cc1ccnc(CNC2CCN(S(=O)(=O)c3ccc(Nc4nccc(Nc5ccc(F)cc5)n4)cc3)CC2)c1F. The van der Waals surface area contributed by atoms with Crippen LogP contribution in [0.15, 0.2) is 78.0 Å². The van der Waals surface area contributed by atoms with E-state index in [-0.39, 0.29) is 22.6 Å². The normalized spacial score (nSPS) is 14.7. The van der Waals surface area contributed by atoms with Crippen LogP contribution in [0.3, 0.4) is 0 Å². The summed E-state index contributed by atoms with van der Waals surface area (Å²) in [7, 11) is -3.66. The summed E-state index contributed by atoms with van der Waals surface area (Å²) in [5.41, 5.74) is 2.22. The Morgan fingerprint density at radius 1 is 0.875 bits per heavy atom. The molecule has 1 aliphatic rings. The average Bonchev–Trinajstić information content (AvgIpc) is 2.96. The highest BCUT2D eigenvalue weighted by Gasteiger charge is 2.29. The topological polar surface area (TPSA) is 112 Å². The molecular weight excluding hydrogens is 536 g/mol. The summed E-state index contributed by atoms with van der Waals surface area (Å²) in [5, 5.41) is 9.45. The molecule has 0 unspecified atom stereocenters. The maximum Gasteiger partial charge on any atom is 0.243 e. The van der Waals surface area contributed by atoms with Crippen molar-refractivity contribution in [3.8, 4) is 0 Å². The maximum absolute atomic E-state index is 14.2. The number of halogens is 2. The number of hydrogen-bond acceptors (Lipinski definition) is 8. The van der Waals surface area contributed by atoms with Gasteiger partial charge in [-0.3, -0.25) is 4.98 Å². The molecule has 0 bridgehead atoms. The Bertz CT molecular complexity index is 1560. The van der Waals surface area contributed by atoms with E-state index >= 15 is 0 Å². The van der Waals surface area contributed by atoms with Gasteiger partial charge in [-0.15, -0.1) is 0 Å². The summed E-state index contributed by atoms with van der Waals surface area (Å²) in [6.45, 7) is 2.73. The highest BCUT2D eigenvalue weighted by atomic mass is 32.2. The molecule has 2 aromatic heterocycles. The third kappa shape index (κ3) is 6.58. The highest BCUT2D eigenvalue weighted by molar-refractivity contribution is 7.89. The number of hydrogen-bond donors (Lipinski definition) is 3. The van der Waals surface area contributed by atoms with Gasteiger partial charge >= 0.3 is 0 Å². The third-order valence-electron chi connectivity index (χ3n) is 6.69. The number of aromatic nitrogens is 3. The number of nitrogens with one attached hydrogen (secondary N) is 3. The molecule has 0 atom stereocenters. The van der Waals surface area contributed by atoms with Gasteiger partial charge in [0, 0.05) is 49.4 Å². The van der Waals surface area contributed by atoms with Crippen LogP contribution in [0.5, 0.6) is 0 Å². The Labute approximate surface area is 231 Å². The smallest absolute Gasteiger partial charge is 0.243 e. The van der Waals surface area contributed by atoms with Gasteiger partial charge < -0.3 is 16.0 Å². The second-order valence-electron chi connectivity index (χ2n) is 9.49. The van der Waals surface area contributed by atoms with Crippen LogP contribution < -0.4 is 16.0 Å². The van der Waals surface area contributed by atoms with Crippen molar-refractivity contribution < 1.29 is 17.2 Å². The molecule has 40 heavy (non-hydrogen) atoms. The molecule has 3 N–H and O–H groups in total. The molecule has 0 amide bonds. The number of rotatable bonds is 9. The molecule has 0 spiro atoms. The fraction of sp³-hybridized carbons (Fsp3) is 0.250. The van der Waals surface area contributed by atoms with Crippen LogP contribution in [-0.4, -0.2) is 46.8 Å². The Hall–Kier alpha value is -4.00. The Morgan fingerprint density at radius 3 is 2.25 bits per heavy atom. The zero-order chi connectivity index (χ0) is 28.1. The lowest BCUT2D eigenvalue weighted by Gasteiger charge is -2.31. The Kier molecular flexibility index (Phi) is 8.29. The van der Waals surface area contributed by atoms with E-state index in [9.17, 15) is 17.2 Å². The van der Waals surface area contributed by atoms with Crippen molar-refractivity contribution in [1.82, 2.24) is 24.6 Å². The van der Waals surface area contributed by atoms with Crippen molar-refractivity contribution in [2.45, 2.75) is 37.2 Å². The monoisotopic (exact) mass is 565 g/mol. The number of benzene rings is 2. The molecule has 0 saturated carbocycles. The molecule has 1 saturated heterocycles. The predicted molar refractivity (Wildman–Crippen MR) is 149 cm³/mol. The van der Waals surface area contributed by atoms with Crippen LogP contribution in [0.25, 0.3) is 0 Å². The van der Waals surface area contributed by atoms with Gasteiger partial charge in [-0.25, -0.2) is 22.2 Å². The molecule has 2 aromatic carbocycles. The zero-order valence-corrected chi connectivity index (χ0v) is 22.6. The first kappa shape index (κ1) is 27.6. The van der Waals surface area contributed by atoms with Gasteiger partial charge in [0.1, 0.15) is 17.5 Å². The molecule has 4 aromatic rings. The van der Waals surface area contributed by atoms with Crippen LogP contribution in [0, 0.1) is 18.6 Å². The summed E-state index contributed by atoms with van der Waals surface area (Å²) in [5.74, 6) is 0.195. The Balaban J connectivity index is 1.16. The third-order valence-corrected chi connectivity index (χ3v) is 8.60.